The number of hydrogen-bond donors (Lipinski definition) is 4. The minimum absolute atomic E-state index is 0.0303. The Bertz CT molecular complexity index is 1860. The first-order valence-corrected chi connectivity index (χ1v) is 18.0. The summed E-state index contributed by atoms with van der Waals surface area (Å²) in [5, 5.41) is 30.7. The highest BCUT2D eigenvalue weighted by Gasteiger charge is 2.56. The van der Waals surface area contributed by atoms with Gasteiger partial charge < -0.3 is 30.7 Å². The molecule has 2 aromatic rings. The predicted molar refractivity (Wildman–Crippen MR) is 189 cm³/mol. The molecule has 0 saturated heterocycles. The monoisotopic (exact) mass is 662 g/mol. The van der Waals surface area contributed by atoms with E-state index in [4.69, 9.17) is 20.5 Å². The number of aliphatic hydroxyl groups excluding tert-OH is 2. The van der Waals surface area contributed by atoms with Crippen molar-refractivity contribution in [2.75, 3.05) is 13.3 Å². The number of ether oxygens (including phenoxy) is 1. The molecular weight excluding hydrogens is 616 g/mol. The highest BCUT2D eigenvalue weighted by Crippen LogP contribution is 2.64. The maximum absolute atomic E-state index is 12.5. The Morgan fingerprint density at radius 3 is 2.92 bits per heavy atom. The van der Waals surface area contributed by atoms with Crippen LogP contribution in [0.2, 0.25) is 0 Å². The highest BCUT2D eigenvalue weighted by molar-refractivity contribution is 6.29. The first-order valence-electron chi connectivity index (χ1n) is 18.0. The number of ketones is 1. The maximum Gasteiger partial charge on any atom is 0.163 e. The quantitative estimate of drug-likeness (QED) is 0.213. The number of carbonyl (C=O) groups excluding carboxylic acids is 1. The Hall–Kier alpha value is -4.05. The number of nitrogens with zero attached hydrogens (tertiary/aromatic N) is 3. The second-order valence-corrected chi connectivity index (χ2v) is 14.7. The number of aromatic hydroxyl groups is 1. The fraction of sp³-hybridized carbons (Fsp3) is 0.475. The normalized spacial score (nSPS) is 25.7. The molecule has 0 radical (unpaired) electrons. The molecule has 1 saturated carbocycles. The second kappa shape index (κ2) is 12.7. The number of rotatable bonds is 13. The molecule has 256 valence electrons. The molecule has 9 nitrogen and oxygen atoms in total. The fourth-order valence-corrected chi connectivity index (χ4v) is 9.52. The molecule has 0 unspecified atom stereocenters. The van der Waals surface area contributed by atoms with Crippen LogP contribution < -0.4 is 10.5 Å². The summed E-state index contributed by atoms with van der Waals surface area (Å²) in [7, 11) is 0. The Kier molecular flexibility index (Phi) is 8.33. The van der Waals surface area contributed by atoms with Crippen LogP contribution in [0, 0.1) is 5.92 Å². The minimum atomic E-state index is -0.838. The lowest BCUT2D eigenvalue weighted by Gasteiger charge is -2.45. The van der Waals surface area contributed by atoms with Crippen LogP contribution in [0.3, 0.4) is 0 Å². The number of carbonyl (C=O) groups is 1. The average molecular weight is 663 g/mol. The Balaban J connectivity index is 0.968. The van der Waals surface area contributed by atoms with Gasteiger partial charge in [0.2, 0.25) is 0 Å². The van der Waals surface area contributed by atoms with E-state index in [1.807, 2.05) is 6.92 Å². The molecule has 0 aromatic heterocycles. The van der Waals surface area contributed by atoms with E-state index in [9.17, 15) is 20.1 Å². The van der Waals surface area contributed by atoms with Gasteiger partial charge in [0, 0.05) is 54.1 Å². The molecule has 5 atom stereocenters. The topological polar surface area (TPSA) is 141 Å². The molecule has 5 N–H and O–H groups in total. The smallest absolute Gasteiger partial charge is 0.163 e. The maximum atomic E-state index is 12.5. The SMILES string of the molecule is CCC[C@H](O)C[C@@H](O)CC(=O)CCc1ccc(O)c(OCN2C=C3N=CC([C@@]45CCC[C@@H]4C4=C6C(=N[C@@H](N)c7cccc5c76)CC4)=C3C2)c1. The van der Waals surface area contributed by atoms with Crippen molar-refractivity contribution in [1.82, 2.24) is 4.90 Å². The van der Waals surface area contributed by atoms with E-state index in [0.29, 0.717) is 31.1 Å². The van der Waals surface area contributed by atoms with Gasteiger partial charge in [-0.3, -0.25) is 14.8 Å². The number of phenolic OH excluding ortho intramolecular Hbond substituents is 1. The zero-order valence-corrected chi connectivity index (χ0v) is 28.2. The van der Waals surface area contributed by atoms with Gasteiger partial charge in [0.25, 0.3) is 0 Å². The summed E-state index contributed by atoms with van der Waals surface area (Å²) in [4.78, 5) is 24.5. The van der Waals surface area contributed by atoms with Gasteiger partial charge in [-0.25, -0.2) is 0 Å². The number of nitrogens with two attached hydrogens (primary N) is 1. The van der Waals surface area contributed by atoms with Crippen LogP contribution in [0.15, 0.2) is 75.0 Å². The zero-order chi connectivity index (χ0) is 33.9. The van der Waals surface area contributed by atoms with Gasteiger partial charge in [-0.05, 0) is 90.8 Å². The third-order valence-corrected chi connectivity index (χ3v) is 11.6. The molecule has 0 bridgehead atoms. The van der Waals surface area contributed by atoms with Crippen LogP contribution in [-0.2, 0) is 16.6 Å². The first-order chi connectivity index (χ1) is 23.8. The van der Waals surface area contributed by atoms with Gasteiger partial charge in [-0.2, -0.15) is 0 Å². The molecule has 3 aliphatic carbocycles. The van der Waals surface area contributed by atoms with Crippen LogP contribution in [0.1, 0.15) is 99.6 Å². The van der Waals surface area contributed by atoms with Gasteiger partial charge in [0.05, 0.1) is 17.9 Å². The Morgan fingerprint density at radius 1 is 1.18 bits per heavy atom. The third kappa shape index (κ3) is 5.47. The van der Waals surface area contributed by atoms with Crippen molar-refractivity contribution >= 4 is 23.3 Å². The molecule has 3 aliphatic heterocycles. The molecule has 8 rings (SSSR count). The lowest BCUT2D eigenvalue weighted by Crippen LogP contribution is -2.40. The fourth-order valence-electron chi connectivity index (χ4n) is 9.52. The molecule has 2 aromatic carbocycles. The van der Waals surface area contributed by atoms with Crippen molar-refractivity contribution in [2.45, 2.75) is 101 Å². The van der Waals surface area contributed by atoms with Crippen molar-refractivity contribution in [2.24, 2.45) is 21.6 Å². The Labute approximate surface area is 287 Å². The van der Waals surface area contributed by atoms with Gasteiger partial charge in [0.15, 0.2) is 18.2 Å². The van der Waals surface area contributed by atoms with Crippen LogP contribution in [-0.4, -0.2) is 63.4 Å². The summed E-state index contributed by atoms with van der Waals surface area (Å²) in [5.41, 5.74) is 19.0. The number of benzene rings is 2. The second-order valence-electron chi connectivity index (χ2n) is 14.7. The van der Waals surface area contributed by atoms with Crippen molar-refractivity contribution in [3.8, 4) is 11.5 Å². The van der Waals surface area contributed by atoms with Crippen molar-refractivity contribution in [1.29, 1.82) is 0 Å². The number of aliphatic hydroxyl groups is 2. The number of aliphatic imine (C=N–C) groups is 2. The molecule has 9 heteroatoms. The standard InChI is InChI=1S/C40H46N4O5/c1-2-5-24(45)17-26(47)18-25(46)11-9-23-10-14-35(48)36(16-23)49-22-44-20-29-32(19-42-34(29)21-44)40-15-4-8-30(40)27-12-13-33-38(27)37-28(39(41)43-33)6-3-7-31(37)40/h3,6-7,10,14,16,19,21,24,26,30,39,45,47-48H,2,4-5,8-9,11-13,15,17-18,20,22,41H2,1H3/t24-,26+,30+,39+,40-/m0/s1. The predicted octanol–water partition coefficient (Wildman–Crippen LogP) is 5.78. The van der Waals surface area contributed by atoms with E-state index in [-0.39, 0.29) is 49.1 Å². The number of Topliss-reactive ketones (excluding diaryl/α,β-unsaturated/α-hetero) is 1. The Morgan fingerprint density at radius 2 is 2.06 bits per heavy atom. The zero-order valence-electron chi connectivity index (χ0n) is 28.2. The van der Waals surface area contributed by atoms with Crippen LogP contribution in [0.5, 0.6) is 11.5 Å². The molecule has 1 fully saturated rings. The highest BCUT2D eigenvalue weighted by atomic mass is 16.5. The summed E-state index contributed by atoms with van der Waals surface area (Å²) < 4.78 is 6.16. The summed E-state index contributed by atoms with van der Waals surface area (Å²) in [5.74, 6) is 0.800. The van der Waals surface area contributed by atoms with E-state index in [0.717, 1.165) is 42.5 Å². The largest absolute Gasteiger partial charge is 0.504 e. The molecule has 0 amide bonds. The van der Waals surface area contributed by atoms with Crippen LogP contribution >= 0.6 is 0 Å². The number of phenols is 1. The number of hydrogen-bond acceptors (Lipinski definition) is 9. The van der Waals surface area contributed by atoms with E-state index in [2.05, 4.69) is 35.5 Å². The number of allylic oxidation sites excluding steroid dienone is 3. The van der Waals surface area contributed by atoms with Crippen LogP contribution in [0.25, 0.3) is 5.57 Å². The summed E-state index contributed by atoms with van der Waals surface area (Å²) in [6.45, 7) is 2.90. The first kappa shape index (κ1) is 32.2. The lowest BCUT2D eigenvalue weighted by molar-refractivity contribution is -0.121. The lowest BCUT2D eigenvalue weighted by atomic mass is 9.58. The van der Waals surface area contributed by atoms with Gasteiger partial charge in [0.1, 0.15) is 11.9 Å². The molecule has 49 heavy (non-hydrogen) atoms. The van der Waals surface area contributed by atoms with Gasteiger partial charge >= 0.3 is 0 Å². The molecule has 6 aliphatic rings. The van der Waals surface area contributed by atoms with E-state index in [1.54, 1.807) is 23.8 Å². The summed E-state index contributed by atoms with van der Waals surface area (Å²) in [6.07, 6.45) is 10.3. The van der Waals surface area contributed by atoms with E-state index >= 15 is 0 Å². The van der Waals surface area contributed by atoms with Gasteiger partial charge in [-0.15, -0.1) is 0 Å². The summed E-state index contributed by atoms with van der Waals surface area (Å²) >= 11 is 0. The number of fused-ring (bicyclic) bond motifs is 4. The molecule has 0 spiro atoms. The van der Waals surface area contributed by atoms with Crippen molar-refractivity contribution < 1.29 is 24.9 Å². The molecule has 3 heterocycles. The van der Waals surface area contributed by atoms with Crippen molar-refractivity contribution in [3.05, 3.63) is 87.3 Å². The average Bonchev–Trinajstić information content (AvgIpc) is 3.87. The summed E-state index contributed by atoms with van der Waals surface area (Å²) in [6, 6.07) is 11.8. The number of aryl methyl sites for hydroxylation is 1. The van der Waals surface area contributed by atoms with Crippen LogP contribution in [0.4, 0.5) is 0 Å². The third-order valence-electron chi connectivity index (χ3n) is 11.6. The van der Waals surface area contributed by atoms with Crippen molar-refractivity contribution in [3.63, 3.8) is 0 Å². The van der Waals surface area contributed by atoms with Gasteiger partial charge in [-0.1, -0.05) is 49.6 Å². The minimum Gasteiger partial charge on any atom is -0.504 e. The van der Waals surface area contributed by atoms with E-state index < -0.39 is 12.2 Å². The molecular formula is C40H46N4O5. The van der Waals surface area contributed by atoms with E-state index in [1.165, 1.54) is 46.4 Å².